The fraction of sp³-hybridized carbons (Fsp3) is 0.294. The predicted molar refractivity (Wildman–Crippen MR) is 100 cm³/mol. The highest BCUT2D eigenvalue weighted by molar-refractivity contribution is 7.81. The van der Waals surface area contributed by atoms with Crippen LogP contribution in [0.1, 0.15) is 16.9 Å². The van der Waals surface area contributed by atoms with Gasteiger partial charge < -0.3 is 14.5 Å². The van der Waals surface area contributed by atoms with Crippen LogP contribution in [0.15, 0.2) is 40.0 Å². The molecule has 1 aliphatic rings. The molecule has 0 spiro atoms. The largest absolute Gasteiger partial charge is 0.469 e. The summed E-state index contributed by atoms with van der Waals surface area (Å²) in [7, 11) is 0. The van der Waals surface area contributed by atoms with E-state index in [0.717, 1.165) is 35.7 Å². The van der Waals surface area contributed by atoms with E-state index in [0.29, 0.717) is 23.2 Å². The zero-order valence-electron chi connectivity index (χ0n) is 13.3. The summed E-state index contributed by atoms with van der Waals surface area (Å²) in [6.07, 6.45) is 3.39. The molecule has 0 unspecified atom stereocenters. The number of halogens is 1. The van der Waals surface area contributed by atoms with Gasteiger partial charge in [-0.1, -0.05) is 23.8 Å². The molecule has 2 aromatic rings. The summed E-state index contributed by atoms with van der Waals surface area (Å²) < 4.78 is 10.6. The number of rotatable bonds is 4. The van der Waals surface area contributed by atoms with Gasteiger partial charge in [0.1, 0.15) is 10.7 Å². The maximum absolute atomic E-state index is 6.27. The first kappa shape index (κ1) is 17.0. The van der Waals surface area contributed by atoms with Gasteiger partial charge in [0.15, 0.2) is 0 Å². The van der Waals surface area contributed by atoms with Crippen molar-refractivity contribution in [2.45, 2.75) is 6.92 Å². The Morgan fingerprint density at radius 1 is 1.33 bits per heavy atom. The van der Waals surface area contributed by atoms with Gasteiger partial charge in [0.2, 0.25) is 0 Å². The molecule has 0 atom stereocenters. The van der Waals surface area contributed by atoms with E-state index >= 15 is 0 Å². The van der Waals surface area contributed by atoms with Gasteiger partial charge >= 0.3 is 0 Å². The zero-order valence-corrected chi connectivity index (χ0v) is 14.9. The Bertz CT molecular complexity index is 754. The number of hydrogen-bond acceptors (Lipinski definition) is 5. The van der Waals surface area contributed by atoms with E-state index in [1.165, 1.54) is 0 Å². The van der Waals surface area contributed by atoms with Crippen LogP contribution in [0.3, 0.4) is 0 Å². The quantitative estimate of drug-likeness (QED) is 0.663. The van der Waals surface area contributed by atoms with Gasteiger partial charge in [-0.05, 0) is 31.2 Å². The van der Waals surface area contributed by atoms with Crippen LogP contribution in [0.4, 0.5) is 5.69 Å². The third-order valence-electron chi connectivity index (χ3n) is 3.70. The molecule has 5 nitrogen and oxygen atoms in total. The molecule has 0 amide bonds. The molecule has 126 valence electrons. The number of ether oxygens (including phenoxy) is 1. The van der Waals surface area contributed by atoms with Crippen molar-refractivity contribution >= 4 is 40.7 Å². The van der Waals surface area contributed by atoms with Crippen LogP contribution >= 0.6 is 23.8 Å². The number of benzene rings is 1. The smallest absolute Gasteiger partial charge is 0.114 e. The zero-order chi connectivity index (χ0) is 16.9. The minimum atomic E-state index is 0.611. The average Bonchev–Trinajstić information content (AvgIpc) is 3.02. The van der Waals surface area contributed by atoms with E-state index in [-0.39, 0.29) is 0 Å². The molecule has 1 aliphatic heterocycles. The lowest BCUT2D eigenvalue weighted by Crippen LogP contribution is -2.32. The number of aryl methyl sites for hydroxylation is 1. The normalized spacial score (nSPS) is 15.0. The molecule has 0 saturated carbocycles. The molecule has 24 heavy (non-hydrogen) atoms. The van der Waals surface area contributed by atoms with Crippen molar-refractivity contribution in [3.8, 4) is 0 Å². The van der Waals surface area contributed by atoms with E-state index in [9.17, 15) is 0 Å². The Balaban J connectivity index is 1.72. The molecule has 0 aliphatic carbocycles. The molecule has 0 radical (unpaired) electrons. The van der Waals surface area contributed by atoms with Crippen molar-refractivity contribution in [1.82, 2.24) is 5.01 Å². The fourth-order valence-corrected chi connectivity index (χ4v) is 2.85. The molecule has 0 bridgehead atoms. The number of hydrazone groups is 1. The summed E-state index contributed by atoms with van der Waals surface area (Å²) in [4.78, 5) is 0.611. The van der Waals surface area contributed by atoms with Gasteiger partial charge in [-0.15, -0.1) is 0 Å². The second kappa shape index (κ2) is 7.79. The molecule has 1 fully saturated rings. The summed E-state index contributed by atoms with van der Waals surface area (Å²) >= 11 is 11.7. The number of thiocarbonyl (C=S) groups is 1. The lowest BCUT2D eigenvalue weighted by atomic mass is 10.2. The molecular formula is C17H18ClN3O2S. The highest BCUT2D eigenvalue weighted by Gasteiger charge is 2.10. The Hall–Kier alpha value is -1.89. The monoisotopic (exact) mass is 363 g/mol. The Labute approximate surface area is 151 Å². The second-order valence-corrected chi connectivity index (χ2v) is 6.21. The van der Waals surface area contributed by atoms with Crippen LogP contribution in [0.2, 0.25) is 5.02 Å². The summed E-state index contributed by atoms with van der Waals surface area (Å²) in [5.41, 5.74) is 2.57. The molecule has 3 rings (SSSR count). The lowest BCUT2D eigenvalue weighted by Gasteiger charge is -2.23. The minimum absolute atomic E-state index is 0.611. The molecule has 2 heterocycles. The number of anilines is 1. The van der Waals surface area contributed by atoms with Gasteiger partial charge in [0, 0.05) is 16.3 Å². The maximum Gasteiger partial charge on any atom is 0.114 e. The SMILES string of the molecule is Cc1occc1C(=S)Nc1ccc(Cl)c(/C=N/N2CCOCC2)c1. The van der Waals surface area contributed by atoms with Crippen molar-refractivity contribution in [1.29, 1.82) is 0 Å². The van der Waals surface area contributed by atoms with E-state index in [2.05, 4.69) is 10.4 Å². The Morgan fingerprint density at radius 3 is 2.83 bits per heavy atom. The molecule has 7 heteroatoms. The minimum Gasteiger partial charge on any atom is -0.469 e. The predicted octanol–water partition coefficient (Wildman–Crippen LogP) is 3.70. The van der Waals surface area contributed by atoms with Crippen LogP contribution in [0.25, 0.3) is 0 Å². The van der Waals surface area contributed by atoms with Crippen molar-refractivity contribution in [2.24, 2.45) is 5.10 Å². The van der Waals surface area contributed by atoms with E-state index in [1.54, 1.807) is 12.5 Å². The van der Waals surface area contributed by atoms with Crippen molar-refractivity contribution in [3.63, 3.8) is 0 Å². The van der Waals surface area contributed by atoms with Gasteiger partial charge in [-0.25, -0.2) is 0 Å². The van der Waals surface area contributed by atoms with Crippen LogP contribution < -0.4 is 5.32 Å². The first-order valence-corrected chi connectivity index (χ1v) is 8.44. The topological polar surface area (TPSA) is 50.0 Å². The van der Waals surface area contributed by atoms with Gasteiger partial charge in [-0.2, -0.15) is 5.10 Å². The van der Waals surface area contributed by atoms with E-state index in [1.807, 2.05) is 36.2 Å². The van der Waals surface area contributed by atoms with Crippen molar-refractivity contribution in [2.75, 3.05) is 31.6 Å². The van der Waals surface area contributed by atoms with Crippen LogP contribution in [-0.4, -0.2) is 42.5 Å². The highest BCUT2D eigenvalue weighted by Crippen LogP contribution is 2.21. The van der Waals surface area contributed by atoms with Crippen LogP contribution in [0, 0.1) is 6.92 Å². The third kappa shape index (κ3) is 4.14. The second-order valence-electron chi connectivity index (χ2n) is 5.39. The summed E-state index contributed by atoms with van der Waals surface area (Å²) in [5.74, 6) is 0.788. The molecule has 1 aromatic carbocycles. The summed E-state index contributed by atoms with van der Waals surface area (Å²) in [6, 6.07) is 7.49. The Morgan fingerprint density at radius 2 is 2.12 bits per heavy atom. The highest BCUT2D eigenvalue weighted by atomic mass is 35.5. The number of furan rings is 1. The van der Waals surface area contributed by atoms with Crippen LogP contribution in [-0.2, 0) is 4.74 Å². The van der Waals surface area contributed by atoms with Gasteiger partial charge in [0.25, 0.3) is 0 Å². The third-order valence-corrected chi connectivity index (χ3v) is 4.37. The molecule has 1 saturated heterocycles. The van der Waals surface area contributed by atoms with Crippen LogP contribution in [0.5, 0.6) is 0 Å². The molecular weight excluding hydrogens is 346 g/mol. The first-order valence-electron chi connectivity index (χ1n) is 7.65. The Kier molecular flexibility index (Phi) is 5.50. The van der Waals surface area contributed by atoms with E-state index in [4.69, 9.17) is 33.0 Å². The van der Waals surface area contributed by atoms with E-state index < -0.39 is 0 Å². The summed E-state index contributed by atoms with van der Waals surface area (Å²) in [6.45, 7) is 4.85. The standard InChI is InChI=1S/C17H18ClN3O2S/c1-12-15(4-7-23-12)17(24)20-14-2-3-16(18)13(10-14)11-19-21-5-8-22-9-6-21/h2-4,7,10-11H,5-6,8-9H2,1H3,(H,20,24)/b19-11+. The molecule has 1 N–H and O–H groups in total. The number of hydrogen-bond donors (Lipinski definition) is 1. The number of nitrogens with one attached hydrogen (secondary N) is 1. The lowest BCUT2D eigenvalue weighted by molar-refractivity contribution is 0.0397. The van der Waals surface area contributed by atoms with Gasteiger partial charge in [0.05, 0.1) is 44.3 Å². The summed E-state index contributed by atoms with van der Waals surface area (Å²) in [5, 5.41) is 10.3. The van der Waals surface area contributed by atoms with Crippen molar-refractivity contribution < 1.29 is 9.15 Å². The first-order chi connectivity index (χ1) is 11.6. The van der Waals surface area contributed by atoms with Crippen molar-refractivity contribution in [3.05, 3.63) is 52.4 Å². The number of morpholine rings is 1. The van der Waals surface area contributed by atoms with Gasteiger partial charge in [-0.3, -0.25) is 5.01 Å². The number of nitrogens with zero attached hydrogens (tertiary/aromatic N) is 2. The fourth-order valence-electron chi connectivity index (χ4n) is 2.35. The maximum atomic E-state index is 6.27. The average molecular weight is 364 g/mol. The molecule has 1 aromatic heterocycles.